The number of hydrogen-bond donors (Lipinski definition) is 1. The Morgan fingerprint density at radius 3 is 1.77 bits per heavy atom. The highest BCUT2D eigenvalue weighted by atomic mass is 16.2. The summed E-state index contributed by atoms with van der Waals surface area (Å²) >= 11 is 0. The lowest BCUT2D eigenvalue weighted by Crippen LogP contribution is -2.50. The zero-order chi connectivity index (χ0) is 21.3. The van der Waals surface area contributed by atoms with E-state index in [2.05, 4.69) is 5.32 Å². The fourth-order valence-corrected chi connectivity index (χ4v) is 3.77. The highest BCUT2D eigenvalue weighted by molar-refractivity contribution is 6.23. The van der Waals surface area contributed by atoms with E-state index in [0.717, 1.165) is 16.0 Å². The molecule has 30 heavy (non-hydrogen) atoms. The Labute approximate surface area is 175 Å². The molecule has 0 radical (unpaired) electrons. The van der Waals surface area contributed by atoms with E-state index in [4.69, 9.17) is 0 Å². The Balaban J connectivity index is 1.55. The molecule has 1 aliphatic heterocycles. The number of amides is 3. The van der Waals surface area contributed by atoms with Gasteiger partial charge in [-0.1, -0.05) is 68.4 Å². The standard InChI is InChI=1S/C25H22N2O3/c1-16(2)22(27-24(29)20-10-6-7-11-21(20)25(27)30)23(28)26-19-14-12-18(13-15-19)17-8-4-3-5-9-17/h3-16,22H,1-2H3,(H,26,28)/t22-/m0/s1. The van der Waals surface area contributed by atoms with Crippen molar-refractivity contribution in [2.75, 3.05) is 5.32 Å². The smallest absolute Gasteiger partial charge is 0.262 e. The normalized spacial score (nSPS) is 14.0. The number of carbonyl (C=O) groups is 3. The van der Waals surface area contributed by atoms with Gasteiger partial charge < -0.3 is 5.32 Å². The van der Waals surface area contributed by atoms with E-state index in [0.29, 0.717) is 16.8 Å². The van der Waals surface area contributed by atoms with Crippen LogP contribution in [0.5, 0.6) is 0 Å². The number of nitrogens with one attached hydrogen (secondary N) is 1. The maximum absolute atomic E-state index is 13.1. The maximum Gasteiger partial charge on any atom is 0.262 e. The minimum Gasteiger partial charge on any atom is -0.324 e. The van der Waals surface area contributed by atoms with Gasteiger partial charge in [-0.25, -0.2) is 0 Å². The predicted molar refractivity (Wildman–Crippen MR) is 116 cm³/mol. The third-order valence-corrected chi connectivity index (χ3v) is 5.26. The summed E-state index contributed by atoms with van der Waals surface area (Å²) in [5.41, 5.74) is 3.42. The first-order chi connectivity index (χ1) is 14.5. The van der Waals surface area contributed by atoms with Crippen molar-refractivity contribution in [2.24, 2.45) is 5.92 Å². The van der Waals surface area contributed by atoms with Gasteiger partial charge >= 0.3 is 0 Å². The van der Waals surface area contributed by atoms with Gasteiger partial charge in [0.05, 0.1) is 11.1 Å². The number of rotatable bonds is 5. The molecule has 0 saturated heterocycles. The molecule has 0 unspecified atom stereocenters. The summed E-state index contributed by atoms with van der Waals surface area (Å²) in [5.74, 6) is -1.48. The lowest BCUT2D eigenvalue weighted by molar-refractivity contribution is -0.121. The second-order valence-corrected chi connectivity index (χ2v) is 7.65. The highest BCUT2D eigenvalue weighted by Gasteiger charge is 2.43. The Morgan fingerprint density at radius 2 is 1.23 bits per heavy atom. The van der Waals surface area contributed by atoms with Gasteiger partial charge in [-0.3, -0.25) is 19.3 Å². The number of carbonyl (C=O) groups excluding carboxylic acids is 3. The number of fused-ring (bicyclic) bond motifs is 1. The maximum atomic E-state index is 13.1. The summed E-state index contributed by atoms with van der Waals surface area (Å²) in [6, 6.07) is 23.2. The van der Waals surface area contributed by atoms with Crippen LogP contribution in [0.4, 0.5) is 5.69 Å². The van der Waals surface area contributed by atoms with Crippen LogP contribution >= 0.6 is 0 Å². The molecule has 3 aromatic rings. The van der Waals surface area contributed by atoms with Crippen LogP contribution in [0.1, 0.15) is 34.6 Å². The van der Waals surface area contributed by atoms with Crippen molar-refractivity contribution in [3.05, 3.63) is 90.0 Å². The first kappa shape index (κ1) is 19.6. The number of hydrogen-bond acceptors (Lipinski definition) is 3. The van der Waals surface area contributed by atoms with Gasteiger partial charge in [-0.15, -0.1) is 0 Å². The minimum absolute atomic E-state index is 0.240. The third-order valence-electron chi connectivity index (χ3n) is 5.26. The van der Waals surface area contributed by atoms with Gasteiger partial charge in [0.1, 0.15) is 6.04 Å². The SMILES string of the molecule is CC(C)[C@@H](C(=O)Nc1ccc(-c2ccccc2)cc1)N1C(=O)c2ccccc2C1=O. The lowest BCUT2D eigenvalue weighted by Gasteiger charge is -2.28. The molecule has 3 amide bonds. The van der Waals surface area contributed by atoms with Crippen LogP contribution in [-0.4, -0.2) is 28.7 Å². The third kappa shape index (κ3) is 3.50. The number of anilines is 1. The summed E-state index contributed by atoms with van der Waals surface area (Å²) in [4.78, 5) is 39.8. The number of imide groups is 1. The van der Waals surface area contributed by atoms with Crippen LogP contribution < -0.4 is 5.32 Å². The molecule has 0 spiro atoms. The van der Waals surface area contributed by atoms with Crippen molar-refractivity contribution >= 4 is 23.4 Å². The molecule has 1 aliphatic rings. The Morgan fingerprint density at radius 1 is 0.733 bits per heavy atom. The highest BCUT2D eigenvalue weighted by Crippen LogP contribution is 2.28. The van der Waals surface area contributed by atoms with Crippen molar-refractivity contribution in [3.63, 3.8) is 0 Å². The van der Waals surface area contributed by atoms with Gasteiger partial charge in [-0.05, 0) is 41.3 Å². The van der Waals surface area contributed by atoms with Gasteiger partial charge in [0.25, 0.3) is 11.8 Å². The van der Waals surface area contributed by atoms with Crippen LogP contribution in [0.2, 0.25) is 0 Å². The summed E-state index contributed by atoms with van der Waals surface area (Å²) in [7, 11) is 0. The molecule has 1 atom stereocenters. The van der Waals surface area contributed by atoms with E-state index in [1.165, 1.54) is 0 Å². The van der Waals surface area contributed by atoms with Crippen molar-refractivity contribution in [3.8, 4) is 11.1 Å². The van der Waals surface area contributed by atoms with E-state index < -0.39 is 17.9 Å². The molecule has 0 saturated carbocycles. The molecular weight excluding hydrogens is 376 g/mol. The molecule has 0 aromatic heterocycles. The first-order valence-electron chi connectivity index (χ1n) is 9.90. The van der Waals surface area contributed by atoms with Crippen molar-refractivity contribution < 1.29 is 14.4 Å². The number of nitrogens with zero attached hydrogens (tertiary/aromatic N) is 1. The van der Waals surface area contributed by atoms with Crippen molar-refractivity contribution in [1.29, 1.82) is 0 Å². The fraction of sp³-hybridized carbons (Fsp3) is 0.160. The predicted octanol–water partition coefficient (Wildman–Crippen LogP) is 4.61. The zero-order valence-corrected chi connectivity index (χ0v) is 16.8. The minimum atomic E-state index is -0.897. The molecule has 150 valence electrons. The molecule has 5 nitrogen and oxygen atoms in total. The number of benzene rings is 3. The summed E-state index contributed by atoms with van der Waals surface area (Å²) < 4.78 is 0. The summed E-state index contributed by atoms with van der Waals surface area (Å²) in [6.07, 6.45) is 0. The molecule has 3 aromatic carbocycles. The molecule has 0 bridgehead atoms. The molecule has 5 heteroatoms. The van der Waals surface area contributed by atoms with Crippen molar-refractivity contribution in [1.82, 2.24) is 4.90 Å². The second kappa shape index (κ2) is 7.95. The summed E-state index contributed by atoms with van der Waals surface area (Å²) in [6.45, 7) is 3.65. The second-order valence-electron chi connectivity index (χ2n) is 7.65. The quantitative estimate of drug-likeness (QED) is 0.638. The Kier molecular flexibility index (Phi) is 5.19. The van der Waals surface area contributed by atoms with E-state index in [9.17, 15) is 14.4 Å². The average Bonchev–Trinajstić information content (AvgIpc) is 3.00. The fourth-order valence-electron chi connectivity index (χ4n) is 3.77. The molecule has 0 aliphatic carbocycles. The van der Waals surface area contributed by atoms with Gasteiger partial charge in [0, 0.05) is 5.69 Å². The van der Waals surface area contributed by atoms with Gasteiger partial charge in [-0.2, -0.15) is 0 Å². The van der Waals surface area contributed by atoms with Crippen LogP contribution in [0, 0.1) is 5.92 Å². The zero-order valence-electron chi connectivity index (χ0n) is 16.8. The first-order valence-corrected chi connectivity index (χ1v) is 9.90. The average molecular weight is 398 g/mol. The van der Waals surface area contributed by atoms with E-state index in [1.54, 1.807) is 24.3 Å². The van der Waals surface area contributed by atoms with Crippen LogP contribution in [0.3, 0.4) is 0 Å². The van der Waals surface area contributed by atoms with E-state index >= 15 is 0 Å². The topological polar surface area (TPSA) is 66.5 Å². The van der Waals surface area contributed by atoms with E-state index in [1.807, 2.05) is 68.4 Å². The van der Waals surface area contributed by atoms with Gasteiger partial charge in [0.2, 0.25) is 5.91 Å². The van der Waals surface area contributed by atoms with Crippen LogP contribution in [0.25, 0.3) is 11.1 Å². The largest absolute Gasteiger partial charge is 0.324 e. The lowest BCUT2D eigenvalue weighted by atomic mass is 10.0. The van der Waals surface area contributed by atoms with Crippen LogP contribution in [-0.2, 0) is 4.79 Å². The Hall–Kier alpha value is -3.73. The molecular formula is C25H22N2O3. The summed E-state index contributed by atoms with van der Waals surface area (Å²) in [5, 5.41) is 2.86. The van der Waals surface area contributed by atoms with E-state index in [-0.39, 0.29) is 11.8 Å². The van der Waals surface area contributed by atoms with Gasteiger partial charge in [0.15, 0.2) is 0 Å². The van der Waals surface area contributed by atoms with Crippen LogP contribution in [0.15, 0.2) is 78.9 Å². The molecule has 0 fully saturated rings. The Bertz CT molecular complexity index is 1070. The van der Waals surface area contributed by atoms with Crippen molar-refractivity contribution in [2.45, 2.75) is 19.9 Å². The molecule has 1 heterocycles. The monoisotopic (exact) mass is 398 g/mol. The molecule has 4 rings (SSSR count). The molecule has 1 N–H and O–H groups in total.